The second-order valence-corrected chi connectivity index (χ2v) is 4.53. The summed E-state index contributed by atoms with van der Waals surface area (Å²) in [6.45, 7) is 8.23. The summed E-state index contributed by atoms with van der Waals surface area (Å²) in [7, 11) is 0. The van der Waals surface area contributed by atoms with Gasteiger partial charge in [0.05, 0.1) is 0 Å². The van der Waals surface area contributed by atoms with E-state index in [9.17, 15) is 5.11 Å². The van der Waals surface area contributed by atoms with Gasteiger partial charge in [-0.05, 0) is 38.1 Å². The van der Waals surface area contributed by atoms with Gasteiger partial charge in [-0.25, -0.2) is 0 Å². The van der Waals surface area contributed by atoms with E-state index in [0.29, 0.717) is 16.8 Å². The fourth-order valence-electron chi connectivity index (χ4n) is 1.74. The monoisotopic (exact) mass is 241 g/mol. The molecule has 1 unspecified atom stereocenters. The molecule has 0 aliphatic rings. The van der Waals surface area contributed by atoms with Crippen LogP contribution < -0.4 is 0 Å². The number of rotatable bonds is 5. The standard InChI is InChI=1S/C13H20ClNO/c1-4-10(3)15(5-2)9-11-8-12(14)6-7-13(11)16/h6-8,10,16H,4-5,9H2,1-3H3. The lowest BCUT2D eigenvalue weighted by Crippen LogP contribution is -2.31. The topological polar surface area (TPSA) is 23.5 Å². The van der Waals surface area contributed by atoms with Gasteiger partial charge in [0, 0.05) is 23.2 Å². The van der Waals surface area contributed by atoms with Crippen molar-refractivity contribution in [2.45, 2.75) is 39.8 Å². The zero-order valence-corrected chi connectivity index (χ0v) is 11.0. The maximum atomic E-state index is 9.75. The van der Waals surface area contributed by atoms with Crippen LogP contribution in [0, 0.1) is 0 Å². The molecule has 1 aromatic rings. The van der Waals surface area contributed by atoms with Crippen LogP contribution in [0.25, 0.3) is 0 Å². The van der Waals surface area contributed by atoms with Crippen molar-refractivity contribution in [3.63, 3.8) is 0 Å². The van der Waals surface area contributed by atoms with Crippen LogP contribution in [-0.2, 0) is 6.54 Å². The van der Waals surface area contributed by atoms with Gasteiger partial charge in [0.1, 0.15) is 5.75 Å². The summed E-state index contributed by atoms with van der Waals surface area (Å²) in [5.41, 5.74) is 0.898. The molecule has 0 radical (unpaired) electrons. The molecule has 0 heterocycles. The normalized spacial score (nSPS) is 13.1. The zero-order chi connectivity index (χ0) is 12.1. The molecule has 0 aromatic heterocycles. The van der Waals surface area contributed by atoms with Crippen LogP contribution in [0.2, 0.25) is 5.02 Å². The van der Waals surface area contributed by atoms with Crippen molar-refractivity contribution in [2.24, 2.45) is 0 Å². The van der Waals surface area contributed by atoms with E-state index in [2.05, 4.69) is 25.7 Å². The zero-order valence-electron chi connectivity index (χ0n) is 10.2. The van der Waals surface area contributed by atoms with E-state index in [1.54, 1.807) is 12.1 Å². The van der Waals surface area contributed by atoms with E-state index in [1.165, 1.54) is 0 Å². The van der Waals surface area contributed by atoms with Crippen LogP contribution in [0.4, 0.5) is 0 Å². The average Bonchev–Trinajstić information content (AvgIpc) is 2.29. The number of hydrogen-bond acceptors (Lipinski definition) is 2. The van der Waals surface area contributed by atoms with Crippen molar-refractivity contribution in [2.75, 3.05) is 6.54 Å². The Hall–Kier alpha value is -0.730. The van der Waals surface area contributed by atoms with Crippen molar-refractivity contribution in [3.8, 4) is 5.75 Å². The molecule has 1 N–H and O–H groups in total. The smallest absolute Gasteiger partial charge is 0.120 e. The molecule has 1 rings (SSSR count). The molecule has 1 atom stereocenters. The lowest BCUT2D eigenvalue weighted by Gasteiger charge is -2.27. The molecule has 0 saturated carbocycles. The van der Waals surface area contributed by atoms with E-state index in [4.69, 9.17) is 11.6 Å². The van der Waals surface area contributed by atoms with Gasteiger partial charge >= 0.3 is 0 Å². The summed E-state index contributed by atoms with van der Waals surface area (Å²) in [5, 5.41) is 10.4. The Kier molecular flexibility index (Phi) is 5.10. The number of halogens is 1. The fraction of sp³-hybridized carbons (Fsp3) is 0.538. The molecule has 0 spiro atoms. The van der Waals surface area contributed by atoms with Crippen LogP contribution in [0.15, 0.2) is 18.2 Å². The lowest BCUT2D eigenvalue weighted by molar-refractivity contribution is 0.204. The van der Waals surface area contributed by atoms with Gasteiger partial charge in [-0.15, -0.1) is 0 Å². The molecule has 0 bridgehead atoms. The number of aromatic hydroxyl groups is 1. The molecule has 1 aromatic carbocycles. The molecule has 3 heteroatoms. The van der Waals surface area contributed by atoms with Crippen LogP contribution in [0.3, 0.4) is 0 Å². The predicted octanol–water partition coefficient (Wildman–Crippen LogP) is 3.67. The second-order valence-electron chi connectivity index (χ2n) is 4.09. The van der Waals surface area contributed by atoms with Crippen LogP contribution in [0.1, 0.15) is 32.8 Å². The summed E-state index contributed by atoms with van der Waals surface area (Å²) in [5.74, 6) is 0.325. The SMILES string of the molecule is CCC(C)N(CC)Cc1cc(Cl)ccc1O. The summed E-state index contributed by atoms with van der Waals surface area (Å²) >= 11 is 5.93. The highest BCUT2D eigenvalue weighted by molar-refractivity contribution is 6.30. The van der Waals surface area contributed by atoms with Crippen LogP contribution in [0.5, 0.6) is 5.75 Å². The van der Waals surface area contributed by atoms with Gasteiger partial charge in [-0.3, -0.25) is 4.90 Å². The Morgan fingerprint density at radius 1 is 1.38 bits per heavy atom. The molecule has 0 aliphatic heterocycles. The third-order valence-electron chi connectivity index (χ3n) is 3.04. The van der Waals surface area contributed by atoms with Crippen molar-refractivity contribution in [1.29, 1.82) is 0 Å². The molecule has 0 amide bonds. The average molecular weight is 242 g/mol. The first kappa shape index (κ1) is 13.3. The highest BCUT2D eigenvalue weighted by Gasteiger charge is 2.12. The lowest BCUT2D eigenvalue weighted by atomic mass is 10.1. The number of phenols is 1. The van der Waals surface area contributed by atoms with Gasteiger partial charge in [-0.1, -0.05) is 25.4 Å². The Bertz CT molecular complexity index is 341. The van der Waals surface area contributed by atoms with E-state index in [-0.39, 0.29) is 0 Å². The first-order valence-corrected chi connectivity index (χ1v) is 6.17. The van der Waals surface area contributed by atoms with Gasteiger partial charge in [0.15, 0.2) is 0 Å². The van der Waals surface area contributed by atoms with E-state index in [1.807, 2.05) is 6.07 Å². The maximum absolute atomic E-state index is 9.75. The van der Waals surface area contributed by atoms with Crippen LogP contribution >= 0.6 is 11.6 Å². The second kappa shape index (κ2) is 6.12. The predicted molar refractivity (Wildman–Crippen MR) is 69.0 cm³/mol. The number of nitrogens with zero attached hydrogens (tertiary/aromatic N) is 1. The van der Waals surface area contributed by atoms with Crippen molar-refractivity contribution < 1.29 is 5.11 Å². The molecule has 16 heavy (non-hydrogen) atoms. The summed E-state index contributed by atoms with van der Waals surface area (Å²) < 4.78 is 0. The van der Waals surface area contributed by atoms with Gasteiger partial charge in [-0.2, -0.15) is 0 Å². The number of benzene rings is 1. The fourth-order valence-corrected chi connectivity index (χ4v) is 1.93. The van der Waals surface area contributed by atoms with Crippen molar-refractivity contribution >= 4 is 11.6 Å². The van der Waals surface area contributed by atoms with Crippen molar-refractivity contribution in [3.05, 3.63) is 28.8 Å². The largest absolute Gasteiger partial charge is 0.508 e. The first-order chi connectivity index (χ1) is 7.58. The molecule has 2 nitrogen and oxygen atoms in total. The molecule has 0 saturated heterocycles. The Balaban J connectivity index is 2.81. The highest BCUT2D eigenvalue weighted by atomic mass is 35.5. The molecule has 0 aliphatic carbocycles. The molecule has 0 fully saturated rings. The van der Waals surface area contributed by atoms with E-state index < -0.39 is 0 Å². The number of phenolic OH excluding ortho intramolecular Hbond substituents is 1. The van der Waals surface area contributed by atoms with Gasteiger partial charge in [0.2, 0.25) is 0 Å². The van der Waals surface area contributed by atoms with Gasteiger partial charge < -0.3 is 5.11 Å². The Morgan fingerprint density at radius 2 is 2.06 bits per heavy atom. The third-order valence-corrected chi connectivity index (χ3v) is 3.27. The molecule has 90 valence electrons. The minimum absolute atomic E-state index is 0.325. The summed E-state index contributed by atoms with van der Waals surface area (Å²) in [6, 6.07) is 5.72. The maximum Gasteiger partial charge on any atom is 0.120 e. The third kappa shape index (κ3) is 3.39. The van der Waals surface area contributed by atoms with Crippen LogP contribution in [-0.4, -0.2) is 22.6 Å². The van der Waals surface area contributed by atoms with E-state index >= 15 is 0 Å². The minimum atomic E-state index is 0.325. The molecular formula is C13H20ClNO. The number of hydrogen-bond donors (Lipinski definition) is 1. The summed E-state index contributed by atoms with van der Waals surface area (Å²) in [4.78, 5) is 2.32. The van der Waals surface area contributed by atoms with Crippen molar-refractivity contribution in [1.82, 2.24) is 4.90 Å². The quantitative estimate of drug-likeness (QED) is 0.851. The Labute approximate surface area is 103 Å². The Morgan fingerprint density at radius 3 is 2.62 bits per heavy atom. The highest BCUT2D eigenvalue weighted by Crippen LogP contribution is 2.23. The minimum Gasteiger partial charge on any atom is -0.508 e. The van der Waals surface area contributed by atoms with Gasteiger partial charge in [0.25, 0.3) is 0 Å². The summed E-state index contributed by atoms with van der Waals surface area (Å²) in [6.07, 6.45) is 1.11. The van der Waals surface area contributed by atoms with E-state index in [0.717, 1.165) is 25.1 Å². The first-order valence-electron chi connectivity index (χ1n) is 5.79. The molecular weight excluding hydrogens is 222 g/mol.